The third-order valence-electron chi connectivity index (χ3n) is 2.26. The summed E-state index contributed by atoms with van der Waals surface area (Å²) in [6.45, 7) is 1.27. The van der Waals surface area contributed by atoms with E-state index in [1.54, 1.807) is 0 Å². The summed E-state index contributed by atoms with van der Waals surface area (Å²) in [5.41, 5.74) is -0.490. The molecule has 17 heavy (non-hydrogen) atoms. The van der Waals surface area contributed by atoms with Gasteiger partial charge in [-0.15, -0.1) is 0 Å². The number of hydrogen-bond acceptors (Lipinski definition) is 4. The summed E-state index contributed by atoms with van der Waals surface area (Å²) in [5, 5.41) is 19.5. The highest BCUT2D eigenvalue weighted by molar-refractivity contribution is 6.01. The first-order chi connectivity index (χ1) is 7.84. The van der Waals surface area contributed by atoms with Crippen molar-refractivity contribution >= 4 is 23.3 Å². The summed E-state index contributed by atoms with van der Waals surface area (Å²) in [4.78, 5) is 33.1. The molecular weight excluding hydrogens is 228 g/mol. The molecule has 0 unspecified atom stereocenters. The molecule has 7 heteroatoms. The van der Waals surface area contributed by atoms with Crippen molar-refractivity contribution in [3.05, 3.63) is 33.9 Å². The van der Waals surface area contributed by atoms with Gasteiger partial charge in [0.1, 0.15) is 0 Å². The Morgan fingerprint density at radius 1 is 1.41 bits per heavy atom. The minimum atomic E-state index is -1.32. The van der Waals surface area contributed by atoms with Crippen molar-refractivity contribution in [3.63, 3.8) is 0 Å². The van der Waals surface area contributed by atoms with Gasteiger partial charge in [-0.05, 0) is 6.07 Å². The van der Waals surface area contributed by atoms with Crippen LogP contribution in [0.3, 0.4) is 0 Å². The standard InChI is InChI=1S/C10H10N2O5/c1-6(13)11(2)9-4-3-7(12(16)17)5-8(9)10(14)15/h3-5H,1-2H3,(H,14,15). The van der Waals surface area contributed by atoms with Gasteiger partial charge in [0.2, 0.25) is 5.91 Å². The number of hydrogen-bond donors (Lipinski definition) is 1. The van der Waals surface area contributed by atoms with Gasteiger partial charge in [-0.25, -0.2) is 4.79 Å². The quantitative estimate of drug-likeness (QED) is 0.631. The lowest BCUT2D eigenvalue weighted by Gasteiger charge is -2.16. The van der Waals surface area contributed by atoms with Gasteiger partial charge in [0.15, 0.2) is 0 Å². The number of anilines is 1. The fourth-order valence-corrected chi connectivity index (χ4v) is 1.27. The van der Waals surface area contributed by atoms with Crippen LogP contribution in [-0.2, 0) is 4.79 Å². The lowest BCUT2D eigenvalue weighted by molar-refractivity contribution is -0.384. The summed E-state index contributed by atoms with van der Waals surface area (Å²) in [7, 11) is 1.40. The van der Waals surface area contributed by atoms with Gasteiger partial charge in [0.05, 0.1) is 16.2 Å². The number of non-ortho nitro benzene ring substituents is 1. The number of carbonyl (C=O) groups is 2. The molecule has 0 aromatic heterocycles. The van der Waals surface area contributed by atoms with Crippen LogP contribution in [0.4, 0.5) is 11.4 Å². The van der Waals surface area contributed by atoms with E-state index >= 15 is 0 Å². The Balaban J connectivity index is 3.37. The monoisotopic (exact) mass is 238 g/mol. The Morgan fingerprint density at radius 2 is 2.00 bits per heavy atom. The second-order valence-corrected chi connectivity index (χ2v) is 3.34. The number of nitro groups is 1. The molecule has 0 atom stereocenters. The van der Waals surface area contributed by atoms with E-state index in [1.165, 1.54) is 20.0 Å². The number of nitro benzene ring substituents is 1. The molecule has 0 fully saturated rings. The number of benzene rings is 1. The second kappa shape index (κ2) is 4.60. The van der Waals surface area contributed by atoms with Crippen LogP contribution in [0.25, 0.3) is 0 Å². The van der Waals surface area contributed by atoms with Crippen molar-refractivity contribution in [2.75, 3.05) is 11.9 Å². The molecule has 1 rings (SSSR count). The zero-order chi connectivity index (χ0) is 13.2. The predicted octanol–water partition coefficient (Wildman–Crippen LogP) is 1.28. The van der Waals surface area contributed by atoms with Gasteiger partial charge >= 0.3 is 5.97 Å². The second-order valence-electron chi connectivity index (χ2n) is 3.34. The fourth-order valence-electron chi connectivity index (χ4n) is 1.27. The van der Waals surface area contributed by atoms with E-state index < -0.39 is 10.9 Å². The number of rotatable bonds is 3. The first-order valence-electron chi connectivity index (χ1n) is 4.60. The molecule has 0 aliphatic carbocycles. The molecule has 1 amide bonds. The van der Waals surface area contributed by atoms with Crippen molar-refractivity contribution in [1.29, 1.82) is 0 Å². The molecule has 0 radical (unpaired) electrons. The minimum Gasteiger partial charge on any atom is -0.478 e. The lowest BCUT2D eigenvalue weighted by Crippen LogP contribution is -2.25. The zero-order valence-corrected chi connectivity index (χ0v) is 9.21. The maximum absolute atomic E-state index is 11.1. The lowest BCUT2D eigenvalue weighted by atomic mass is 10.1. The fraction of sp³-hybridized carbons (Fsp3) is 0.200. The first-order valence-corrected chi connectivity index (χ1v) is 4.60. The van der Waals surface area contributed by atoms with Crippen molar-refractivity contribution in [2.24, 2.45) is 0 Å². The average Bonchev–Trinajstić information content (AvgIpc) is 2.26. The number of aromatic carboxylic acids is 1. The summed E-state index contributed by atoms with van der Waals surface area (Å²) in [6, 6.07) is 3.32. The van der Waals surface area contributed by atoms with Crippen LogP contribution in [0.5, 0.6) is 0 Å². The highest BCUT2D eigenvalue weighted by Gasteiger charge is 2.19. The van der Waals surface area contributed by atoms with Crippen LogP contribution < -0.4 is 4.90 Å². The molecule has 0 bridgehead atoms. The summed E-state index contributed by atoms with van der Waals surface area (Å²) >= 11 is 0. The number of nitrogens with zero attached hydrogens (tertiary/aromatic N) is 2. The Hall–Kier alpha value is -2.44. The Morgan fingerprint density at radius 3 is 2.41 bits per heavy atom. The van der Waals surface area contributed by atoms with Crippen LogP contribution in [0, 0.1) is 10.1 Å². The molecular formula is C10H10N2O5. The SMILES string of the molecule is CC(=O)N(C)c1ccc([N+](=O)[O-])cc1C(=O)O. The number of carbonyl (C=O) groups excluding carboxylic acids is 1. The maximum Gasteiger partial charge on any atom is 0.338 e. The molecule has 1 aromatic carbocycles. The van der Waals surface area contributed by atoms with Gasteiger partial charge in [-0.2, -0.15) is 0 Å². The summed E-state index contributed by atoms with van der Waals surface area (Å²) in [5.74, 6) is -1.68. The van der Waals surface area contributed by atoms with Crippen molar-refractivity contribution < 1.29 is 19.6 Å². The summed E-state index contributed by atoms with van der Waals surface area (Å²) < 4.78 is 0. The van der Waals surface area contributed by atoms with Crippen LogP contribution in [0.1, 0.15) is 17.3 Å². The first kappa shape index (κ1) is 12.6. The van der Waals surface area contributed by atoms with E-state index in [2.05, 4.69) is 0 Å². The Bertz CT molecular complexity index is 497. The highest BCUT2D eigenvalue weighted by Crippen LogP contribution is 2.24. The van der Waals surface area contributed by atoms with Crippen LogP contribution in [-0.4, -0.2) is 29.0 Å². The third kappa shape index (κ3) is 2.57. The van der Waals surface area contributed by atoms with Gasteiger partial charge in [-0.1, -0.05) is 0 Å². The van der Waals surface area contributed by atoms with Crippen LogP contribution >= 0.6 is 0 Å². The van der Waals surface area contributed by atoms with Gasteiger partial charge in [0.25, 0.3) is 5.69 Å². The van der Waals surface area contributed by atoms with Crippen molar-refractivity contribution in [1.82, 2.24) is 0 Å². The van der Waals surface area contributed by atoms with Crippen molar-refractivity contribution in [2.45, 2.75) is 6.92 Å². The molecule has 1 N–H and O–H groups in total. The minimum absolute atomic E-state index is 0.121. The highest BCUT2D eigenvalue weighted by atomic mass is 16.6. The molecule has 0 saturated carbocycles. The van der Waals surface area contributed by atoms with E-state index in [1.807, 2.05) is 0 Å². The third-order valence-corrected chi connectivity index (χ3v) is 2.26. The number of carboxylic acid groups (broad SMARTS) is 1. The van der Waals surface area contributed by atoms with Crippen molar-refractivity contribution in [3.8, 4) is 0 Å². The normalized spacial score (nSPS) is 9.76. The molecule has 90 valence electrons. The number of amides is 1. The van der Waals surface area contributed by atoms with Gasteiger partial charge < -0.3 is 10.0 Å². The van der Waals surface area contributed by atoms with E-state index in [0.717, 1.165) is 17.0 Å². The molecule has 0 saturated heterocycles. The largest absolute Gasteiger partial charge is 0.478 e. The van der Waals surface area contributed by atoms with E-state index in [4.69, 9.17) is 5.11 Å². The smallest absolute Gasteiger partial charge is 0.338 e. The average molecular weight is 238 g/mol. The molecule has 7 nitrogen and oxygen atoms in total. The Labute approximate surface area is 96.4 Å². The Kier molecular flexibility index (Phi) is 3.42. The number of carboxylic acids is 1. The molecule has 0 spiro atoms. The molecule has 1 aromatic rings. The van der Waals surface area contributed by atoms with Crippen LogP contribution in [0.15, 0.2) is 18.2 Å². The van der Waals surface area contributed by atoms with E-state index in [0.29, 0.717) is 0 Å². The summed E-state index contributed by atoms with van der Waals surface area (Å²) in [6.07, 6.45) is 0. The van der Waals surface area contributed by atoms with Gasteiger partial charge in [0, 0.05) is 26.1 Å². The van der Waals surface area contributed by atoms with E-state index in [9.17, 15) is 19.7 Å². The molecule has 0 aliphatic rings. The van der Waals surface area contributed by atoms with Crippen LogP contribution in [0.2, 0.25) is 0 Å². The van der Waals surface area contributed by atoms with Gasteiger partial charge in [-0.3, -0.25) is 14.9 Å². The molecule has 0 aliphatic heterocycles. The van der Waals surface area contributed by atoms with E-state index in [-0.39, 0.29) is 22.8 Å². The predicted molar refractivity (Wildman–Crippen MR) is 59.1 cm³/mol. The zero-order valence-electron chi connectivity index (χ0n) is 9.21. The maximum atomic E-state index is 11.1. The topological polar surface area (TPSA) is 101 Å². The molecule has 0 heterocycles.